The molecule has 5 aliphatic rings. The summed E-state index contributed by atoms with van der Waals surface area (Å²) in [6, 6.07) is 19.4. The number of carbonyl (C=O) groups is 1. The van der Waals surface area contributed by atoms with Gasteiger partial charge in [-0.2, -0.15) is 0 Å². The Morgan fingerprint density at radius 1 is 0.946 bits per heavy atom. The zero-order valence-electron chi connectivity index (χ0n) is 21.1. The van der Waals surface area contributed by atoms with Crippen LogP contribution < -0.4 is 10.6 Å². The Kier molecular flexibility index (Phi) is 5.36. The van der Waals surface area contributed by atoms with E-state index in [2.05, 4.69) is 34.9 Å². The smallest absolute Gasteiger partial charge is 0.237 e. The Labute approximate surface area is 217 Å². The van der Waals surface area contributed by atoms with E-state index in [0.29, 0.717) is 31.5 Å². The van der Waals surface area contributed by atoms with Gasteiger partial charge in [0, 0.05) is 29.7 Å². The van der Waals surface area contributed by atoms with Gasteiger partial charge in [-0.25, -0.2) is 4.39 Å². The lowest BCUT2D eigenvalue weighted by Gasteiger charge is -2.62. The van der Waals surface area contributed by atoms with Crippen molar-refractivity contribution in [2.45, 2.75) is 62.7 Å². The number of aromatic nitrogens is 1. The quantitative estimate of drug-likeness (QED) is 0.472. The van der Waals surface area contributed by atoms with Gasteiger partial charge in [-0.15, -0.1) is 0 Å². The largest absolute Gasteiger partial charge is 0.378 e. The molecule has 5 nitrogen and oxygen atoms in total. The number of benzene rings is 2. The number of rotatable bonds is 6. The maximum Gasteiger partial charge on any atom is 0.237 e. The van der Waals surface area contributed by atoms with Gasteiger partial charge in [0.25, 0.3) is 0 Å². The lowest BCUT2D eigenvalue weighted by Crippen LogP contribution is -2.67. The summed E-state index contributed by atoms with van der Waals surface area (Å²) in [5, 5.41) is 7.68. The van der Waals surface area contributed by atoms with Gasteiger partial charge in [0.1, 0.15) is 5.82 Å². The molecule has 1 aliphatic heterocycles. The molecule has 2 aromatic carbocycles. The molecule has 37 heavy (non-hydrogen) atoms. The number of anilines is 1. The predicted octanol–water partition coefficient (Wildman–Crippen LogP) is 5.52. The zero-order chi connectivity index (χ0) is 25.0. The number of hydrogen-bond acceptors (Lipinski definition) is 4. The number of amides is 1. The highest BCUT2D eigenvalue weighted by Crippen LogP contribution is 2.58. The van der Waals surface area contributed by atoms with Crippen LogP contribution in [-0.2, 0) is 17.9 Å². The average Bonchev–Trinajstić information content (AvgIpc) is 3.31. The second-order valence-electron chi connectivity index (χ2n) is 12.0. The molecule has 4 saturated carbocycles. The molecule has 4 aliphatic carbocycles. The molecular formula is C31H33FN4O. The first-order valence-corrected chi connectivity index (χ1v) is 13.6. The second kappa shape index (κ2) is 8.66. The summed E-state index contributed by atoms with van der Waals surface area (Å²) in [7, 11) is 0. The van der Waals surface area contributed by atoms with E-state index in [-0.39, 0.29) is 22.8 Å². The summed E-state index contributed by atoms with van der Waals surface area (Å²) in [4.78, 5) is 19.7. The second-order valence-corrected chi connectivity index (χ2v) is 12.0. The highest BCUT2D eigenvalue weighted by Gasteiger charge is 2.57. The molecule has 4 fully saturated rings. The van der Waals surface area contributed by atoms with Crippen LogP contribution in [0.5, 0.6) is 0 Å². The van der Waals surface area contributed by atoms with Crippen LogP contribution >= 0.6 is 0 Å². The van der Waals surface area contributed by atoms with E-state index in [1.165, 1.54) is 25.3 Å². The minimum absolute atomic E-state index is 0.00281. The van der Waals surface area contributed by atoms with Crippen LogP contribution in [0, 0.1) is 17.7 Å². The van der Waals surface area contributed by atoms with E-state index < -0.39 is 0 Å². The van der Waals surface area contributed by atoms with Crippen LogP contribution in [0.4, 0.5) is 10.1 Å². The fraction of sp³-hybridized carbons (Fsp3) is 0.419. The number of hydrogen-bond donors (Lipinski definition) is 2. The van der Waals surface area contributed by atoms with Crippen molar-refractivity contribution in [3.8, 4) is 11.3 Å². The molecule has 0 radical (unpaired) electrons. The third kappa shape index (κ3) is 4.31. The van der Waals surface area contributed by atoms with E-state index >= 15 is 0 Å². The SMILES string of the molecule is O=C(CNC12CC3CC(C1)CC(Nc1ccc(-c4ccccc4)nc1)(C3)C2)N1Cc2ccc(F)cc2C1. The minimum atomic E-state index is -0.234. The highest BCUT2D eigenvalue weighted by atomic mass is 19.1. The molecular weight excluding hydrogens is 463 g/mol. The van der Waals surface area contributed by atoms with Crippen LogP contribution in [-0.4, -0.2) is 33.4 Å². The number of fused-ring (bicyclic) bond motifs is 1. The lowest BCUT2D eigenvalue weighted by atomic mass is 9.50. The molecule has 0 spiro atoms. The summed E-state index contributed by atoms with van der Waals surface area (Å²) >= 11 is 0. The first kappa shape index (κ1) is 22.9. The van der Waals surface area contributed by atoms with E-state index in [4.69, 9.17) is 4.98 Å². The lowest BCUT2D eigenvalue weighted by molar-refractivity contribution is -0.132. The number of halogens is 1. The van der Waals surface area contributed by atoms with Gasteiger partial charge in [-0.05, 0) is 85.8 Å². The van der Waals surface area contributed by atoms with Crippen LogP contribution in [0.25, 0.3) is 11.3 Å². The van der Waals surface area contributed by atoms with Gasteiger partial charge < -0.3 is 15.5 Å². The summed E-state index contributed by atoms with van der Waals surface area (Å²) in [6.45, 7) is 1.43. The molecule has 190 valence electrons. The number of nitrogens with zero attached hydrogens (tertiary/aromatic N) is 2. The van der Waals surface area contributed by atoms with Crippen molar-refractivity contribution >= 4 is 11.6 Å². The first-order chi connectivity index (χ1) is 18.0. The topological polar surface area (TPSA) is 57.3 Å². The Morgan fingerprint density at radius 2 is 1.70 bits per heavy atom. The van der Waals surface area contributed by atoms with Gasteiger partial charge >= 0.3 is 0 Å². The van der Waals surface area contributed by atoms with E-state index in [1.807, 2.05) is 29.3 Å². The molecule has 6 heteroatoms. The maximum absolute atomic E-state index is 13.6. The fourth-order valence-electron chi connectivity index (χ4n) is 8.08. The molecule has 2 unspecified atom stereocenters. The van der Waals surface area contributed by atoms with Crippen LogP contribution in [0.15, 0.2) is 66.9 Å². The fourth-order valence-corrected chi connectivity index (χ4v) is 8.08. The van der Waals surface area contributed by atoms with E-state index in [9.17, 15) is 9.18 Å². The normalized spacial score (nSPS) is 29.4. The molecule has 3 aromatic rings. The Bertz CT molecular complexity index is 1310. The highest BCUT2D eigenvalue weighted by molar-refractivity contribution is 5.79. The molecule has 2 atom stereocenters. The van der Waals surface area contributed by atoms with Crippen molar-refractivity contribution in [2.75, 3.05) is 11.9 Å². The summed E-state index contributed by atoms with van der Waals surface area (Å²) in [5.41, 5.74) is 5.23. The van der Waals surface area contributed by atoms with Crippen LogP contribution in [0.2, 0.25) is 0 Å². The molecule has 4 bridgehead atoms. The van der Waals surface area contributed by atoms with Crippen molar-refractivity contribution in [2.24, 2.45) is 11.8 Å². The number of carbonyl (C=O) groups excluding carboxylic acids is 1. The summed E-state index contributed by atoms with van der Waals surface area (Å²) < 4.78 is 13.6. The molecule has 1 aromatic heterocycles. The zero-order valence-corrected chi connectivity index (χ0v) is 21.1. The predicted molar refractivity (Wildman–Crippen MR) is 142 cm³/mol. The number of pyridine rings is 1. The van der Waals surface area contributed by atoms with E-state index in [1.54, 1.807) is 12.1 Å². The van der Waals surface area contributed by atoms with Crippen molar-refractivity contribution in [1.82, 2.24) is 15.2 Å². The third-order valence-corrected chi connectivity index (χ3v) is 9.16. The number of nitrogens with one attached hydrogen (secondary N) is 2. The van der Waals surface area contributed by atoms with Gasteiger partial charge in [-0.1, -0.05) is 36.4 Å². The van der Waals surface area contributed by atoms with Crippen molar-refractivity contribution < 1.29 is 9.18 Å². The molecule has 0 saturated heterocycles. The van der Waals surface area contributed by atoms with Gasteiger partial charge in [-0.3, -0.25) is 9.78 Å². The summed E-state index contributed by atoms with van der Waals surface area (Å²) in [5.74, 6) is 1.25. The molecule has 1 amide bonds. The Hall–Kier alpha value is -3.25. The molecule has 8 rings (SSSR count). The third-order valence-electron chi connectivity index (χ3n) is 9.16. The van der Waals surface area contributed by atoms with Crippen molar-refractivity contribution in [3.05, 3.63) is 83.8 Å². The minimum Gasteiger partial charge on any atom is -0.378 e. The van der Waals surface area contributed by atoms with Gasteiger partial charge in [0.05, 0.1) is 24.1 Å². The average molecular weight is 497 g/mol. The van der Waals surface area contributed by atoms with Crippen LogP contribution in [0.1, 0.15) is 49.7 Å². The Morgan fingerprint density at radius 3 is 2.46 bits per heavy atom. The van der Waals surface area contributed by atoms with Crippen molar-refractivity contribution in [1.29, 1.82) is 0 Å². The summed E-state index contributed by atoms with van der Waals surface area (Å²) in [6.07, 6.45) is 8.99. The molecule has 2 N–H and O–H groups in total. The maximum atomic E-state index is 13.6. The first-order valence-electron chi connectivity index (χ1n) is 13.6. The van der Waals surface area contributed by atoms with Gasteiger partial charge in [0.2, 0.25) is 5.91 Å². The Balaban J connectivity index is 1.03. The van der Waals surface area contributed by atoms with E-state index in [0.717, 1.165) is 47.3 Å². The monoisotopic (exact) mass is 496 g/mol. The van der Waals surface area contributed by atoms with Crippen molar-refractivity contribution in [3.63, 3.8) is 0 Å². The van der Waals surface area contributed by atoms with Gasteiger partial charge in [0.15, 0.2) is 0 Å². The van der Waals surface area contributed by atoms with Crippen LogP contribution in [0.3, 0.4) is 0 Å². The standard InChI is InChI=1S/C31H33FN4O/c32-26-7-6-24-18-36(19-25(24)11-26)29(37)17-34-30-12-21-10-22(13-30)15-31(14-21,20-30)35-27-8-9-28(33-16-27)23-4-2-1-3-5-23/h1-9,11,16,21-22,34-35H,10,12-15,17-20H2. The molecule has 2 heterocycles.